The van der Waals surface area contributed by atoms with Crippen LogP contribution in [0.5, 0.6) is 0 Å². The minimum Gasteiger partial charge on any atom is -0.513 e. The van der Waals surface area contributed by atoms with Gasteiger partial charge in [-0.1, -0.05) is 307 Å². The average Bonchev–Trinajstić information content (AvgIpc) is 1.55. The monoisotopic (exact) mass is 2260 g/mol. The molecule has 25 aromatic rings. The Kier molecular flexibility index (Phi) is 31.9. The van der Waals surface area contributed by atoms with E-state index in [9.17, 15) is 0 Å². The first-order chi connectivity index (χ1) is 70.7. The van der Waals surface area contributed by atoms with Gasteiger partial charge in [0.2, 0.25) is 0 Å². The fraction of sp³-hybridized carbons (Fsp3) is 0.0677. The Hall–Kier alpha value is -16.4. The maximum Gasteiger partial charge on any atom is 0.155 e. The predicted molar refractivity (Wildman–Crippen MR) is 607 cm³/mol. The third kappa shape index (κ3) is 22.5. The standard InChI is InChI=1S/C44H32N2.C35H21N3S.C21H22N.C17H12N.C11H8N.C5H10O2.2Ir/c1-3-17-37(18-4-1)45(43-23-11-15-35-13-7-9-21-41(35)43)39-29-25-33(26-30-39)34-27-31-40(32-28-34)46(38-19-5-2-6-20-38)44-24-12-16-36-14-8-10-22-42(36)44;1-5-13-29-23(9-1)24-10-2-6-14-30(24)37(29)22-17-18-33-28(21-22)27-19-20-36-35(34(27)39-33)38-31-15-7-3-11-25(31)26-12-4-8-16-32(26)38;1-14(2)10-17-6-5-7-21-19(17)8-9-20(22-21)18-12-15(3)11-16(4)13-18;1-3-7-14(8-4-1)16-11-12-18-17(13-16)15-9-5-2-6-10-15;1-2-6-10(7-3-1)11-8-4-5-9-12-11;1-4(6)3-5(2)7;;/h1-32H;1-21H;5-9,11-12,14H,10H2,1-4H3;1-9,11-13H;1-6,8-9H;3-4,6-7H,1-2H3;;/q;;3*-1;;;. The molecule has 0 fully saturated rings. The molecule has 2 radical (unpaired) electrons. The van der Waals surface area contributed by atoms with Crippen LogP contribution in [-0.2, 0) is 46.6 Å². The third-order valence-corrected chi connectivity index (χ3v) is 26.7. The molecule has 25 rings (SSSR count). The molecular weight excluding hydrogens is 2160 g/mol. The number of hydrogen-bond donors (Lipinski definition) is 2. The van der Waals surface area contributed by atoms with Gasteiger partial charge in [0.25, 0.3) is 0 Å². The van der Waals surface area contributed by atoms with E-state index in [0.29, 0.717) is 5.92 Å². The maximum absolute atomic E-state index is 8.49. The van der Waals surface area contributed by atoms with E-state index in [1.807, 2.05) is 115 Å². The number of nitrogens with zero attached hydrogens (tertiary/aromatic N) is 8. The molecule has 10 nitrogen and oxygen atoms in total. The number of aliphatic hydroxyl groups excluding tert-OH is 2. The molecule has 1 unspecified atom stereocenters. The summed E-state index contributed by atoms with van der Waals surface area (Å²) in [4.78, 5) is 23.1. The summed E-state index contributed by atoms with van der Waals surface area (Å²) in [6, 6.07) is 174. The molecule has 1 atom stereocenters. The summed E-state index contributed by atoms with van der Waals surface area (Å²) in [5.41, 5.74) is 28.5. The van der Waals surface area contributed by atoms with Crippen LogP contribution in [0.25, 0.3) is 164 Å². The van der Waals surface area contributed by atoms with Crippen LogP contribution in [-0.4, -0.2) is 45.4 Å². The topological polar surface area (TPSA) is 108 Å². The van der Waals surface area contributed by atoms with Crippen molar-refractivity contribution in [3.05, 3.63) is 532 Å². The number of fused-ring (bicyclic) bond motifs is 12. The Bertz CT molecular complexity index is 8390. The van der Waals surface area contributed by atoms with Crippen molar-refractivity contribution in [2.24, 2.45) is 5.92 Å². The van der Waals surface area contributed by atoms with Gasteiger partial charge in [-0.2, -0.15) is 0 Å². The minimum absolute atomic E-state index is 0. The Morgan fingerprint density at radius 2 is 0.822 bits per heavy atom. The van der Waals surface area contributed by atoms with E-state index in [-0.39, 0.29) is 46.0 Å². The first-order valence-electron chi connectivity index (χ1n) is 48.7. The number of hydrogen-bond acceptors (Lipinski definition) is 9. The van der Waals surface area contributed by atoms with Crippen molar-refractivity contribution in [1.82, 2.24) is 29.1 Å². The number of aryl methyl sites for hydroxylation is 2. The number of anilines is 6. The molecule has 18 aromatic carbocycles. The third-order valence-electron chi connectivity index (χ3n) is 25.5. The van der Waals surface area contributed by atoms with E-state index in [2.05, 4.69) is 451 Å². The number of aliphatic hydroxyl groups is 2. The fourth-order valence-electron chi connectivity index (χ4n) is 19.1. The van der Waals surface area contributed by atoms with Crippen molar-refractivity contribution >= 4 is 142 Å². The van der Waals surface area contributed by atoms with Gasteiger partial charge < -0.3 is 34.5 Å². The van der Waals surface area contributed by atoms with Gasteiger partial charge in [0.15, 0.2) is 5.82 Å². The minimum atomic E-state index is -0.537. The molecule has 7 aromatic heterocycles. The van der Waals surface area contributed by atoms with Crippen molar-refractivity contribution in [2.45, 2.75) is 54.1 Å². The number of rotatable bonds is 16. The summed E-state index contributed by atoms with van der Waals surface area (Å²) in [5.74, 6) is 1.80. The first kappa shape index (κ1) is 99.7. The zero-order valence-corrected chi connectivity index (χ0v) is 87.3. The summed E-state index contributed by atoms with van der Waals surface area (Å²) in [5, 5.41) is 30.6. The second-order valence-electron chi connectivity index (χ2n) is 36.1. The van der Waals surface area contributed by atoms with Crippen LogP contribution in [0.3, 0.4) is 0 Å². The molecular formula is C133H105Ir2N8O2S-3. The SMILES string of the molecule is CC(O)=CC(C)O.Cc1[c-]c(-c2ccc3c(CC(C)C)cccc3n2)cc(C)c1.[Ir].[Ir].[c-]1ccccc1-c1cc(-c2ccccc2)ccn1.[c-]1ccccc1-c1ccccn1.c1ccc(N(c2ccc(-c3ccc(N(c4ccccc4)c4cccc5ccccc45)cc3)cc2)c2cccc3ccccc23)cc1.c1ccc2c(c1)c1ccccc1n2-c1ccc2sc3c(-n4c5ccccc5c5ccccc54)nccc3c2c1. The Labute approximate surface area is 883 Å². The molecule has 0 aliphatic carbocycles. The van der Waals surface area contributed by atoms with E-state index < -0.39 is 6.10 Å². The average molecular weight is 2260 g/mol. The van der Waals surface area contributed by atoms with Gasteiger partial charge in [0.1, 0.15) is 0 Å². The Morgan fingerprint density at radius 3 is 1.33 bits per heavy atom. The van der Waals surface area contributed by atoms with Crippen LogP contribution >= 0.6 is 11.3 Å². The molecule has 146 heavy (non-hydrogen) atoms. The molecule has 13 heteroatoms. The van der Waals surface area contributed by atoms with Crippen LogP contribution in [0, 0.1) is 38.0 Å². The van der Waals surface area contributed by atoms with Crippen molar-refractivity contribution in [3.63, 3.8) is 0 Å². The molecule has 0 saturated heterocycles. The van der Waals surface area contributed by atoms with Gasteiger partial charge >= 0.3 is 0 Å². The summed E-state index contributed by atoms with van der Waals surface area (Å²) in [6.07, 6.45) is 7.51. The zero-order chi connectivity index (χ0) is 98.2. The molecule has 0 bridgehead atoms. The molecule has 2 N–H and O–H groups in total. The van der Waals surface area contributed by atoms with Crippen molar-refractivity contribution in [3.8, 4) is 67.5 Å². The van der Waals surface area contributed by atoms with Crippen LogP contribution in [0.4, 0.5) is 34.1 Å². The van der Waals surface area contributed by atoms with Crippen LogP contribution in [0.1, 0.15) is 44.4 Å². The molecule has 0 amide bonds. The van der Waals surface area contributed by atoms with E-state index in [0.717, 1.165) is 91.2 Å². The van der Waals surface area contributed by atoms with E-state index in [1.165, 1.54) is 143 Å². The number of pyridine rings is 4. The number of aromatic nitrogens is 6. The summed E-state index contributed by atoms with van der Waals surface area (Å²) in [6.45, 7) is 11.8. The number of thiophene rings is 1. The molecule has 7 heterocycles. The molecule has 0 spiro atoms. The van der Waals surface area contributed by atoms with Crippen molar-refractivity contribution in [2.75, 3.05) is 9.80 Å². The van der Waals surface area contributed by atoms with E-state index in [4.69, 9.17) is 20.2 Å². The van der Waals surface area contributed by atoms with Gasteiger partial charge in [0.05, 0.1) is 55.5 Å². The zero-order valence-electron chi connectivity index (χ0n) is 81.7. The number of benzene rings is 18. The number of para-hydroxylation sites is 6. The second kappa shape index (κ2) is 46.7. The predicted octanol–water partition coefficient (Wildman–Crippen LogP) is 35.3. The molecule has 716 valence electrons. The van der Waals surface area contributed by atoms with Gasteiger partial charge in [-0.05, 0) is 215 Å². The fourth-order valence-corrected chi connectivity index (χ4v) is 20.3. The molecule has 0 aliphatic heterocycles. The quantitative estimate of drug-likeness (QED) is 0.0728. The van der Waals surface area contributed by atoms with E-state index in [1.54, 1.807) is 13.1 Å². The summed E-state index contributed by atoms with van der Waals surface area (Å²) < 4.78 is 7.20. The second-order valence-corrected chi connectivity index (χ2v) is 37.2. The van der Waals surface area contributed by atoms with Gasteiger partial charge in [-0.25, -0.2) is 4.98 Å². The van der Waals surface area contributed by atoms with Gasteiger partial charge in [0, 0.05) is 140 Å². The van der Waals surface area contributed by atoms with E-state index >= 15 is 0 Å². The number of allylic oxidation sites excluding steroid dienone is 1. The first-order valence-corrected chi connectivity index (χ1v) is 49.5. The van der Waals surface area contributed by atoms with Crippen molar-refractivity contribution < 1.29 is 50.4 Å². The van der Waals surface area contributed by atoms with Crippen molar-refractivity contribution in [1.29, 1.82) is 0 Å². The Morgan fingerprint density at radius 1 is 0.356 bits per heavy atom. The normalized spacial score (nSPS) is 11.3. The van der Waals surface area contributed by atoms with Crippen LogP contribution in [0.15, 0.2) is 498 Å². The van der Waals surface area contributed by atoms with Gasteiger partial charge in [-0.3, -0.25) is 9.55 Å². The summed E-state index contributed by atoms with van der Waals surface area (Å²) in [7, 11) is 0. The maximum atomic E-state index is 8.49. The molecule has 0 saturated carbocycles. The smallest absolute Gasteiger partial charge is 0.155 e. The molecule has 0 aliphatic rings. The van der Waals surface area contributed by atoms with Gasteiger partial charge in [-0.15, -0.1) is 118 Å². The van der Waals surface area contributed by atoms with Crippen LogP contribution in [0.2, 0.25) is 0 Å². The van der Waals surface area contributed by atoms with Crippen LogP contribution < -0.4 is 9.80 Å². The Balaban J connectivity index is 0.000000125. The summed E-state index contributed by atoms with van der Waals surface area (Å²) >= 11 is 1.82. The largest absolute Gasteiger partial charge is 0.513 e.